The van der Waals surface area contributed by atoms with E-state index in [2.05, 4.69) is 14.7 Å². The van der Waals surface area contributed by atoms with Crippen LogP contribution in [0.4, 0.5) is 5.69 Å². The van der Waals surface area contributed by atoms with E-state index in [1.807, 2.05) is 84.9 Å². The first-order valence-electron chi connectivity index (χ1n) is 14.5. The van der Waals surface area contributed by atoms with Crippen LogP contribution in [0.3, 0.4) is 0 Å². The predicted molar refractivity (Wildman–Crippen MR) is 171 cm³/mol. The van der Waals surface area contributed by atoms with Gasteiger partial charge in [0.15, 0.2) is 5.69 Å². The molecule has 0 amide bonds. The maximum Gasteiger partial charge on any atom is 0.359 e. The lowest BCUT2D eigenvalue weighted by atomic mass is 10.1. The van der Waals surface area contributed by atoms with Gasteiger partial charge in [0.05, 0.1) is 39.1 Å². The highest BCUT2D eigenvalue weighted by atomic mass is 16.6. The van der Waals surface area contributed by atoms with Crippen LogP contribution in [0, 0.1) is 0 Å². The Kier molecular flexibility index (Phi) is 9.85. The molecular weight excluding hydrogens is 590 g/mol. The molecule has 1 atom stereocenters. The van der Waals surface area contributed by atoms with Crippen LogP contribution in [-0.2, 0) is 27.4 Å². The second-order valence-corrected chi connectivity index (χ2v) is 10.6. The van der Waals surface area contributed by atoms with Crippen LogP contribution in [0.1, 0.15) is 21.6 Å². The van der Waals surface area contributed by atoms with Crippen molar-refractivity contribution in [2.75, 3.05) is 39.4 Å². The number of aliphatic hydroxyl groups excluding tert-OH is 1. The zero-order valence-electron chi connectivity index (χ0n) is 25.8. The first kappa shape index (κ1) is 32.0. The maximum absolute atomic E-state index is 13.1. The summed E-state index contributed by atoms with van der Waals surface area (Å²) < 4.78 is 22.0. The van der Waals surface area contributed by atoms with Gasteiger partial charge in [0, 0.05) is 24.2 Å². The molecule has 1 unspecified atom stereocenters. The summed E-state index contributed by atoms with van der Waals surface area (Å²) in [5.41, 5.74) is 2.15. The number of esters is 2. The molecule has 5 aromatic rings. The third kappa shape index (κ3) is 6.96. The van der Waals surface area contributed by atoms with Gasteiger partial charge in [-0.3, -0.25) is 0 Å². The topological polar surface area (TPSA) is 133 Å². The van der Waals surface area contributed by atoms with E-state index < -0.39 is 30.8 Å². The Morgan fingerprint density at radius 1 is 0.804 bits per heavy atom. The minimum atomic E-state index is -2.39. The molecule has 4 aromatic carbocycles. The summed E-state index contributed by atoms with van der Waals surface area (Å²) in [4.78, 5) is 27.2. The molecule has 0 saturated carbocycles. The number of carbonyl (C=O) groups is 2. The Morgan fingerprint density at radius 2 is 1.37 bits per heavy atom. The van der Waals surface area contributed by atoms with Crippen LogP contribution in [0.2, 0.25) is 0 Å². The number of hydrogen-bond donors (Lipinski definition) is 2. The Hall–Kier alpha value is -5.39. The number of nitrogens with zero attached hydrogens (tertiary/aromatic N) is 3. The first-order chi connectivity index (χ1) is 22.3. The maximum atomic E-state index is 13.1. The predicted octanol–water partition coefficient (Wildman–Crippen LogP) is 4.30. The number of carbonyl (C=O) groups excluding carboxylic acids is 2. The van der Waals surface area contributed by atoms with Gasteiger partial charge in [0.1, 0.15) is 18.1 Å². The average molecular weight is 626 g/mol. The van der Waals surface area contributed by atoms with Crippen molar-refractivity contribution in [2.45, 2.75) is 18.7 Å². The van der Waals surface area contributed by atoms with Gasteiger partial charge < -0.3 is 34.1 Å². The lowest BCUT2D eigenvalue weighted by Crippen LogP contribution is -2.48. The Labute approximate surface area is 266 Å². The van der Waals surface area contributed by atoms with E-state index in [9.17, 15) is 19.8 Å². The molecule has 0 saturated heterocycles. The molecule has 11 nitrogen and oxygen atoms in total. The van der Waals surface area contributed by atoms with E-state index in [-0.39, 0.29) is 5.69 Å². The molecule has 0 aliphatic carbocycles. The second-order valence-electron chi connectivity index (χ2n) is 10.6. The molecule has 0 bridgehead atoms. The number of fused-ring (bicyclic) bond motifs is 1. The number of aromatic nitrogens is 2. The number of hydrogen-bond acceptors (Lipinski definition) is 10. The van der Waals surface area contributed by atoms with Gasteiger partial charge in [0.25, 0.3) is 0 Å². The number of aliphatic hydroxyl groups is 2. The molecule has 46 heavy (non-hydrogen) atoms. The van der Waals surface area contributed by atoms with Gasteiger partial charge in [-0.1, -0.05) is 42.5 Å². The van der Waals surface area contributed by atoms with Gasteiger partial charge >= 0.3 is 11.9 Å². The molecule has 0 aliphatic rings. The van der Waals surface area contributed by atoms with E-state index in [1.54, 1.807) is 31.0 Å². The lowest BCUT2D eigenvalue weighted by Gasteiger charge is -2.26. The van der Waals surface area contributed by atoms with E-state index in [0.717, 1.165) is 35.4 Å². The molecule has 238 valence electrons. The van der Waals surface area contributed by atoms with E-state index in [4.69, 9.17) is 14.2 Å². The highest BCUT2D eigenvalue weighted by molar-refractivity contribution is 6.02. The molecule has 1 aromatic heterocycles. The number of benzene rings is 4. The van der Waals surface area contributed by atoms with Gasteiger partial charge in [0.2, 0.25) is 5.60 Å². The fraction of sp³-hybridized carbons (Fsp3) is 0.229. The van der Waals surface area contributed by atoms with Crippen LogP contribution < -0.4 is 14.4 Å². The third-order valence-electron chi connectivity index (χ3n) is 7.57. The summed E-state index contributed by atoms with van der Waals surface area (Å²) in [5.74, 6) is -0.409. The number of rotatable bonds is 13. The Bertz CT molecular complexity index is 1740. The zero-order chi connectivity index (χ0) is 32.7. The molecule has 11 heteroatoms. The highest BCUT2D eigenvalue weighted by Gasteiger charge is 2.39. The van der Waals surface area contributed by atoms with Crippen LogP contribution >= 0.6 is 0 Å². The molecule has 5 rings (SSSR count). The molecule has 1 heterocycles. The van der Waals surface area contributed by atoms with Gasteiger partial charge in [-0.05, 0) is 65.7 Å². The molecular formula is C35H35N3O8. The molecule has 0 aliphatic heterocycles. The van der Waals surface area contributed by atoms with E-state index in [1.165, 1.54) is 0 Å². The minimum absolute atomic E-state index is 0.00882. The summed E-state index contributed by atoms with van der Waals surface area (Å²) in [5, 5.41) is 24.9. The summed E-state index contributed by atoms with van der Waals surface area (Å²) in [7, 11) is 4.34. The van der Waals surface area contributed by atoms with Crippen LogP contribution in [0.25, 0.3) is 16.6 Å². The third-order valence-corrected chi connectivity index (χ3v) is 7.57. The summed E-state index contributed by atoms with van der Waals surface area (Å²) in [6.45, 7) is -0.505. The van der Waals surface area contributed by atoms with Crippen LogP contribution in [0.15, 0.2) is 97.1 Å². The van der Waals surface area contributed by atoms with Crippen molar-refractivity contribution in [2.24, 2.45) is 0 Å². The number of anilines is 1. The van der Waals surface area contributed by atoms with Crippen molar-refractivity contribution in [1.29, 1.82) is 0 Å². The van der Waals surface area contributed by atoms with Crippen molar-refractivity contribution < 1.29 is 38.7 Å². The number of methoxy groups -OCH3 is 3. The summed E-state index contributed by atoms with van der Waals surface area (Å²) in [6.07, 6.45) is 0. The fourth-order valence-corrected chi connectivity index (χ4v) is 4.97. The monoisotopic (exact) mass is 625 g/mol. The molecule has 0 fully saturated rings. The summed E-state index contributed by atoms with van der Waals surface area (Å²) in [6, 6.07) is 30.9. The zero-order valence-corrected chi connectivity index (χ0v) is 25.8. The normalized spacial score (nSPS) is 12.3. The van der Waals surface area contributed by atoms with Crippen LogP contribution in [0.5, 0.6) is 11.5 Å². The van der Waals surface area contributed by atoms with Crippen molar-refractivity contribution in [1.82, 2.24) is 9.78 Å². The smallest absolute Gasteiger partial charge is 0.359 e. The minimum Gasteiger partial charge on any atom is -0.497 e. The lowest BCUT2D eigenvalue weighted by molar-refractivity contribution is -0.171. The second kappa shape index (κ2) is 14.1. The quantitative estimate of drug-likeness (QED) is 0.183. The van der Waals surface area contributed by atoms with Gasteiger partial charge in [-0.2, -0.15) is 5.10 Å². The van der Waals surface area contributed by atoms with E-state index in [0.29, 0.717) is 29.7 Å². The van der Waals surface area contributed by atoms with Crippen molar-refractivity contribution in [3.8, 4) is 17.2 Å². The SMILES string of the molecule is COC(=O)C(O)(CO)COC(=O)c1nn(-c2ccc(N(Cc3ccc(OC)cc3)Cc3ccc(OC)cc3)cc2)c2ccccc12. The largest absolute Gasteiger partial charge is 0.497 e. The van der Waals surface area contributed by atoms with Gasteiger partial charge in [-0.15, -0.1) is 0 Å². The van der Waals surface area contributed by atoms with Crippen molar-refractivity contribution >= 4 is 28.5 Å². The number of para-hydroxylation sites is 1. The fourth-order valence-electron chi connectivity index (χ4n) is 4.97. The first-order valence-corrected chi connectivity index (χ1v) is 14.5. The highest BCUT2D eigenvalue weighted by Crippen LogP contribution is 2.27. The molecule has 2 N–H and O–H groups in total. The molecule has 0 spiro atoms. The molecule has 0 radical (unpaired) electrons. The summed E-state index contributed by atoms with van der Waals surface area (Å²) >= 11 is 0. The van der Waals surface area contributed by atoms with Crippen LogP contribution in [-0.4, -0.2) is 72.1 Å². The Morgan fingerprint density at radius 3 is 1.89 bits per heavy atom. The van der Waals surface area contributed by atoms with Crippen molar-refractivity contribution in [3.05, 3.63) is 114 Å². The number of ether oxygens (including phenoxy) is 4. The van der Waals surface area contributed by atoms with Crippen molar-refractivity contribution in [3.63, 3.8) is 0 Å². The standard InChI is InChI=1S/C35H35N3O8/c1-43-28-16-8-24(9-17-28)20-37(21-25-10-18-29(44-2)19-11-25)26-12-14-27(15-13-26)38-31-7-5-4-6-30(31)32(36-38)33(40)46-23-35(42,22-39)34(41)45-3/h4-19,39,42H,20-23H2,1-3H3. The Balaban J connectivity index is 1.43. The average Bonchev–Trinajstić information content (AvgIpc) is 3.50. The van der Waals surface area contributed by atoms with Gasteiger partial charge in [-0.25, -0.2) is 14.3 Å². The van der Waals surface area contributed by atoms with E-state index >= 15 is 0 Å².